The summed E-state index contributed by atoms with van der Waals surface area (Å²) in [6.45, 7) is 2.91. The van der Waals surface area contributed by atoms with E-state index in [2.05, 4.69) is 12.2 Å². The van der Waals surface area contributed by atoms with Gasteiger partial charge in [0.25, 0.3) is 0 Å². The Balaban J connectivity index is 2.20. The lowest BCUT2D eigenvalue weighted by atomic mass is 10.00. The lowest BCUT2D eigenvalue weighted by Crippen LogP contribution is -2.22. The van der Waals surface area contributed by atoms with Crippen LogP contribution in [0.3, 0.4) is 0 Å². The van der Waals surface area contributed by atoms with E-state index in [9.17, 15) is 4.39 Å². The SMILES string of the molecule is CCNC(CC1CC1)c1cccc(OC)c1F. The van der Waals surface area contributed by atoms with Crippen LogP contribution in [0.5, 0.6) is 5.75 Å². The molecular formula is C14H20FNO. The molecule has 2 rings (SSSR count). The first kappa shape index (κ1) is 12.4. The third-order valence-electron chi connectivity index (χ3n) is 3.30. The van der Waals surface area contributed by atoms with Crippen LogP contribution in [0.4, 0.5) is 4.39 Å². The Morgan fingerprint density at radius 1 is 1.47 bits per heavy atom. The van der Waals surface area contributed by atoms with Gasteiger partial charge in [0.2, 0.25) is 0 Å². The van der Waals surface area contributed by atoms with Crippen molar-refractivity contribution in [3.63, 3.8) is 0 Å². The Bertz CT molecular complexity index is 376. The number of benzene rings is 1. The van der Waals surface area contributed by atoms with Gasteiger partial charge in [0.05, 0.1) is 7.11 Å². The lowest BCUT2D eigenvalue weighted by molar-refractivity contribution is 0.376. The van der Waals surface area contributed by atoms with Gasteiger partial charge in [-0.05, 0) is 24.9 Å². The number of hydrogen-bond acceptors (Lipinski definition) is 2. The maximum absolute atomic E-state index is 14.2. The smallest absolute Gasteiger partial charge is 0.169 e. The van der Waals surface area contributed by atoms with E-state index >= 15 is 0 Å². The molecular weight excluding hydrogens is 217 g/mol. The van der Waals surface area contributed by atoms with Crippen LogP contribution in [0.15, 0.2) is 18.2 Å². The summed E-state index contributed by atoms with van der Waals surface area (Å²) in [5.74, 6) is 0.882. The first-order valence-electron chi connectivity index (χ1n) is 6.32. The van der Waals surface area contributed by atoms with E-state index in [1.807, 2.05) is 12.1 Å². The lowest BCUT2D eigenvalue weighted by Gasteiger charge is -2.19. The van der Waals surface area contributed by atoms with Crippen LogP contribution in [0, 0.1) is 11.7 Å². The predicted octanol–water partition coefficient (Wildman–Crippen LogP) is 3.29. The van der Waals surface area contributed by atoms with E-state index in [4.69, 9.17) is 4.74 Å². The van der Waals surface area contributed by atoms with E-state index in [0.717, 1.165) is 24.4 Å². The third-order valence-corrected chi connectivity index (χ3v) is 3.30. The van der Waals surface area contributed by atoms with E-state index in [1.54, 1.807) is 6.07 Å². The fourth-order valence-corrected chi connectivity index (χ4v) is 2.21. The minimum atomic E-state index is -0.221. The number of halogens is 1. The monoisotopic (exact) mass is 237 g/mol. The highest BCUT2D eigenvalue weighted by molar-refractivity contribution is 5.33. The highest BCUT2D eigenvalue weighted by Gasteiger charge is 2.27. The second-order valence-electron chi connectivity index (χ2n) is 4.65. The number of ether oxygens (including phenoxy) is 1. The van der Waals surface area contributed by atoms with Crippen LogP contribution < -0.4 is 10.1 Å². The summed E-state index contributed by atoms with van der Waals surface area (Å²) in [5.41, 5.74) is 0.734. The van der Waals surface area contributed by atoms with Gasteiger partial charge in [0.15, 0.2) is 11.6 Å². The fraction of sp³-hybridized carbons (Fsp3) is 0.571. The molecule has 1 saturated carbocycles. The normalized spacial score (nSPS) is 16.9. The minimum absolute atomic E-state index is 0.114. The van der Waals surface area contributed by atoms with Crippen molar-refractivity contribution in [1.29, 1.82) is 0 Å². The Kier molecular flexibility index (Phi) is 4.00. The molecule has 1 aliphatic carbocycles. The van der Waals surface area contributed by atoms with Gasteiger partial charge in [-0.15, -0.1) is 0 Å². The minimum Gasteiger partial charge on any atom is -0.494 e. The van der Waals surface area contributed by atoms with Crippen LogP contribution in [-0.2, 0) is 0 Å². The van der Waals surface area contributed by atoms with Crippen LogP contribution in [0.1, 0.15) is 37.8 Å². The third kappa shape index (κ3) is 2.97. The maximum atomic E-state index is 14.2. The molecule has 1 unspecified atom stereocenters. The van der Waals surface area contributed by atoms with Gasteiger partial charge in [0.1, 0.15) is 0 Å². The van der Waals surface area contributed by atoms with Gasteiger partial charge in [-0.2, -0.15) is 0 Å². The van der Waals surface area contributed by atoms with Gasteiger partial charge in [-0.25, -0.2) is 4.39 Å². The first-order chi connectivity index (χ1) is 8.26. The molecule has 0 aromatic heterocycles. The summed E-state index contributed by atoms with van der Waals surface area (Å²) < 4.78 is 19.2. The zero-order valence-electron chi connectivity index (χ0n) is 10.5. The molecule has 0 amide bonds. The number of rotatable bonds is 6. The van der Waals surface area contributed by atoms with Gasteiger partial charge in [-0.3, -0.25) is 0 Å². The zero-order valence-corrected chi connectivity index (χ0v) is 10.5. The molecule has 17 heavy (non-hydrogen) atoms. The van der Waals surface area contributed by atoms with Crippen molar-refractivity contribution < 1.29 is 9.13 Å². The molecule has 1 N–H and O–H groups in total. The van der Waals surface area contributed by atoms with Crippen LogP contribution >= 0.6 is 0 Å². The molecule has 1 fully saturated rings. The average Bonchev–Trinajstić information content (AvgIpc) is 3.13. The molecule has 3 heteroatoms. The molecule has 1 aromatic carbocycles. The topological polar surface area (TPSA) is 21.3 Å². The van der Waals surface area contributed by atoms with Gasteiger partial charge in [-0.1, -0.05) is 31.9 Å². The molecule has 0 aliphatic heterocycles. The van der Waals surface area contributed by atoms with Crippen molar-refractivity contribution in [2.75, 3.05) is 13.7 Å². The molecule has 0 bridgehead atoms. The summed E-state index contributed by atoms with van der Waals surface area (Å²) in [6.07, 6.45) is 3.60. The molecule has 0 heterocycles. The van der Waals surface area contributed by atoms with Crippen molar-refractivity contribution in [1.82, 2.24) is 5.32 Å². The summed E-state index contributed by atoms with van der Waals surface area (Å²) >= 11 is 0. The van der Waals surface area contributed by atoms with E-state index < -0.39 is 0 Å². The molecule has 94 valence electrons. The fourth-order valence-electron chi connectivity index (χ4n) is 2.21. The Labute approximate surface area is 102 Å². The second kappa shape index (κ2) is 5.50. The molecule has 0 saturated heterocycles. The standard InChI is InChI=1S/C14H20FNO/c1-3-16-12(9-10-7-8-10)11-5-4-6-13(17-2)14(11)15/h4-6,10,12,16H,3,7-9H2,1-2H3. The highest BCUT2D eigenvalue weighted by Crippen LogP contribution is 2.39. The average molecular weight is 237 g/mol. The van der Waals surface area contributed by atoms with Crippen molar-refractivity contribution in [2.24, 2.45) is 5.92 Å². The van der Waals surface area contributed by atoms with Crippen LogP contribution in [0.25, 0.3) is 0 Å². The van der Waals surface area contributed by atoms with E-state index in [1.165, 1.54) is 20.0 Å². The summed E-state index contributed by atoms with van der Waals surface area (Å²) in [6, 6.07) is 5.49. The van der Waals surface area contributed by atoms with Gasteiger partial charge in [0, 0.05) is 11.6 Å². The molecule has 0 radical (unpaired) electrons. The van der Waals surface area contributed by atoms with E-state index in [0.29, 0.717) is 5.75 Å². The largest absolute Gasteiger partial charge is 0.494 e. The van der Waals surface area contributed by atoms with Crippen molar-refractivity contribution >= 4 is 0 Å². The molecule has 0 spiro atoms. The second-order valence-corrected chi connectivity index (χ2v) is 4.65. The molecule has 1 atom stereocenters. The van der Waals surface area contributed by atoms with Gasteiger partial charge >= 0.3 is 0 Å². The molecule has 1 aliphatic rings. The number of methoxy groups -OCH3 is 1. The van der Waals surface area contributed by atoms with E-state index in [-0.39, 0.29) is 11.9 Å². The predicted molar refractivity (Wildman–Crippen MR) is 66.7 cm³/mol. The molecule has 1 aromatic rings. The highest BCUT2D eigenvalue weighted by atomic mass is 19.1. The number of hydrogen-bond donors (Lipinski definition) is 1. The van der Waals surface area contributed by atoms with Crippen LogP contribution in [-0.4, -0.2) is 13.7 Å². The zero-order chi connectivity index (χ0) is 12.3. The summed E-state index contributed by atoms with van der Waals surface area (Å²) in [5, 5.41) is 3.37. The van der Waals surface area contributed by atoms with Gasteiger partial charge < -0.3 is 10.1 Å². The Hall–Kier alpha value is -1.09. The van der Waals surface area contributed by atoms with Crippen LogP contribution in [0.2, 0.25) is 0 Å². The first-order valence-corrected chi connectivity index (χ1v) is 6.32. The summed E-state index contributed by atoms with van der Waals surface area (Å²) in [4.78, 5) is 0. The quantitative estimate of drug-likeness (QED) is 0.819. The molecule has 2 nitrogen and oxygen atoms in total. The number of nitrogens with one attached hydrogen (secondary N) is 1. The summed E-state index contributed by atoms with van der Waals surface area (Å²) in [7, 11) is 1.51. The Morgan fingerprint density at radius 2 is 2.24 bits per heavy atom. The Morgan fingerprint density at radius 3 is 2.82 bits per heavy atom. The van der Waals surface area contributed by atoms with Crippen molar-refractivity contribution in [3.8, 4) is 5.75 Å². The van der Waals surface area contributed by atoms with Crippen molar-refractivity contribution in [2.45, 2.75) is 32.2 Å². The maximum Gasteiger partial charge on any atom is 0.169 e. The van der Waals surface area contributed by atoms with Crippen molar-refractivity contribution in [3.05, 3.63) is 29.6 Å².